The molecule has 0 saturated carbocycles. The van der Waals surface area contributed by atoms with Gasteiger partial charge in [-0.15, -0.1) is 5.10 Å². The minimum absolute atomic E-state index is 0.0625. The minimum Gasteiger partial charge on any atom is -0.358 e. The average molecular weight is 312 g/mol. The van der Waals surface area contributed by atoms with Gasteiger partial charge in [-0.1, -0.05) is 32.9 Å². The highest BCUT2D eigenvalue weighted by Crippen LogP contribution is 2.28. The first-order chi connectivity index (χ1) is 10.5. The Morgan fingerprint density at radius 3 is 2.82 bits per heavy atom. The van der Waals surface area contributed by atoms with Crippen molar-refractivity contribution >= 4 is 28.5 Å². The first-order valence-corrected chi connectivity index (χ1v) is 7.66. The molecule has 112 valence electrons. The number of rotatable bonds is 3. The van der Waals surface area contributed by atoms with E-state index in [4.69, 9.17) is 5.26 Å². The van der Waals surface area contributed by atoms with E-state index in [-0.39, 0.29) is 5.41 Å². The molecule has 22 heavy (non-hydrogen) atoms. The number of para-hydroxylation sites is 1. The summed E-state index contributed by atoms with van der Waals surface area (Å²) in [6.07, 6.45) is 1.71. The van der Waals surface area contributed by atoms with Crippen LogP contribution in [0.25, 0.3) is 10.9 Å². The summed E-state index contributed by atoms with van der Waals surface area (Å²) in [5.74, 6) is 0.849. The van der Waals surface area contributed by atoms with Crippen molar-refractivity contribution < 1.29 is 0 Å². The number of nitriles is 1. The summed E-state index contributed by atoms with van der Waals surface area (Å²) in [5.41, 5.74) is 2.37. The molecular formula is C15H16N6S. The molecule has 0 radical (unpaired) electrons. The molecule has 0 aliphatic rings. The van der Waals surface area contributed by atoms with Crippen molar-refractivity contribution in [3.63, 3.8) is 0 Å². The van der Waals surface area contributed by atoms with E-state index in [0.29, 0.717) is 10.7 Å². The Morgan fingerprint density at radius 2 is 2.14 bits per heavy atom. The third-order valence-corrected chi connectivity index (χ3v) is 3.95. The maximum atomic E-state index is 9.08. The largest absolute Gasteiger partial charge is 0.358 e. The molecule has 3 rings (SSSR count). The lowest BCUT2D eigenvalue weighted by atomic mass is 9.96. The molecule has 0 spiro atoms. The van der Waals surface area contributed by atoms with Gasteiger partial charge in [0.2, 0.25) is 5.16 Å². The number of nitrogens with zero attached hydrogens (tertiary/aromatic N) is 3. The average Bonchev–Trinajstić information content (AvgIpc) is 3.11. The molecule has 3 aromatic rings. The van der Waals surface area contributed by atoms with Crippen molar-refractivity contribution in [1.29, 1.82) is 5.26 Å². The molecule has 3 N–H and O–H groups in total. The molecule has 1 aromatic carbocycles. The number of aromatic amines is 2. The summed E-state index contributed by atoms with van der Waals surface area (Å²) < 4.78 is 3.24. The van der Waals surface area contributed by atoms with E-state index in [1.165, 1.54) is 11.9 Å². The number of benzene rings is 1. The molecular weight excluding hydrogens is 296 g/mol. The molecule has 0 aliphatic carbocycles. The Balaban J connectivity index is 1.81. The molecule has 0 atom stereocenters. The van der Waals surface area contributed by atoms with Gasteiger partial charge >= 0.3 is 0 Å². The number of anilines is 1. The minimum atomic E-state index is -0.0625. The van der Waals surface area contributed by atoms with Crippen LogP contribution in [0.5, 0.6) is 0 Å². The van der Waals surface area contributed by atoms with E-state index in [1.54, 1.807) is 6.20 Å². The summed E-state index contributed by atoms with van der Waals surface area (Å²) in [4.78, 5) is 7.60. The van der Waals surface area contributed by atoms with E-state index in [1.807, 2.05) is 18.2 Å². The lowest BCUT2D eigenvalue weighted by Gasteiger charge is -2.12. The second-order valence-corrected chi connectivity index (χ2v) is 6.74. The Hall–Kier alpha value is -2.46. The van der Waals surface area contributed by atoms with Crippen LogP contribution in [-0.4, -0.2) is 20.2 Å². The smallest absolute Gasteiger partial charge is 0.228 e. The normalized spacial score (nSPS) is 11.5. The molecule has 0 aliphatic heterocycles. The summed E-state index contributed by atoms with van der Waals surface area (Å²) in [5, 5.41) is 17.8. The zero-order valence-corrected chi connectivity index (χ0v) is 13.4. The van der Waals surface area contributed by atoms with Crippen LogP contribution in [0.1, 0.15) is 32.2 Å². The number of H-pyrrole nitrogens is 2. The number of fused-ring (bicyclic) bond motifs is 1. The molecule has 2 heterocycles. The lowest BCUT2D eigenvalue weighted by molar-refractivity contribution is 0.547. The number of hydrogen-bond donors (Lipinski definition) is 3. The molecule has 0 bridgehead atoms. The number of aromatic nitrogens is 4. The Kier molecular flexibility index (Phi) is 3.54. The van der Waals surface area contributed by atoms with Crippen LogP contribution < -0.4 is 4.72 Å². The zero-order chi connectivity index (χ0) is 15.7. The van der Waals surface area contributed by atoms with Gasteiger partial charge in [0.1, 0.15) is 11.9 Å². The molecule has 7 heteroatoms. The van der Waals surface area contributed by atoms with Gasteiger partial charge in [-0.25, -0.2) is 4.98 Å². The predicted octanol–water partition coefficient (Wildman–Crippen LogP) is 3.57. The second-order valence-electron chi connectivity index (χ2n) is 5.96. The van der Waals surface area contributed by atoms with Crippen LogP contribution >= 0.6 is 11.9 Å². The van der Waals surface area contributed by atoms with Crippen molar-refractivity contribution in [3.05, 3.63) is 35.8 Å². The van der Waals surface area contributed by atoms with E-state index < -0.39 is 0 Å². The molecule has 6 nitrogen and oxygen atoms in total. The fraction of sp³-hybridized carbons (Fsp3) is 0.267. The molecule has 0 fully saturated rings. The van der Waals surface area contributed by atoms with Gasteiger partial charge in [-0.3, -0.25) is 5.10 Å². The third-order valence-electron chi connectivity index (χ3n) is 3.26. The van der Waals surface area contributed by atoms with E-state index >= 15 is 0 Å². The van der Waals surface area contributed by atoms with Crippen molar-refractivity contribution in [3.8, 4) is 6.07 Å². The zero-order valence-electron chi connectivity index (χ0n) is 12.6. The van der Waals surface area contributed by atoms with Crippen LogP contribution in [-0.2, 0) is 5.41 Å². The summed E-state index contributed by atoms with van der Waals surface area (Å²) in [6.45, 7) is 6.25. The quantitative estimate of drug-likeness (QED) is 0.643. The predicted molar refractivity (Wildman–Crippen MR) is 87.6 cm³/mol. The maximum absolute atomic E-state index is 9.08. The topological polar surface area (TPSA) is 93.2 Å². The monoisotopic (exact) mass is 312 g/mol. The fourth-order valence-corrected chi connectivity index (χ4v) is 2.66. The Morgan fingerprint density at radius 1 is 1.32 bits per heavy atom. The number of nitrogens with one attached hydrogen (secondary N) is 3. The van der Waals surface area contributed by atoms with Crippen LogP contribution in [0.4, 0.5) is 5.69 Å². The van der Waals surface area contributed by atoms with Gasteiger partial charge < -0.3 is 9.71 Å². The molecule has 0 amide bonds. The summed E-state index contributed by atoms with van der Waals surface area (Å²) >= 11 is 1.34. The maximum Gasteiger partial charge on any atom is 0.228 e. The van der Waals surface area contributed by atoms with Gasteiger partial charge in [-0.2, -0.15) is 5.26 Å². The van der Waals surface area contributed by atoms with Gasteiger partial charge in [0.25, 0.3) is 0 Å². The summed E-state index contributed by atoms with van der Waals surface area (Å²) in [6, 6.07) is 7.96. The van der Waals surface area contributed by atoms with Crippen LogP contribution in [0.3, 0.4) is 0 Å². The van der Waals surface area contributed by atoms with E-state index in [2.05, 4.69) is 51.7 Å². The SMILES string of the molecule is CC(C)(C)c1nc(SNc2cccc3c(C#N)c[nH]c23)n[nH]1. The first kappa shape index (κ1) is 14.5. The van der Waals surface area contributed by atoms with E-state index in [0.717, 1.165) is 22.4 Å². The van der Waals surface area contributed by atoms with Gasteiger partial charge in [-0.05, 0) is 6.07 Å². The second kappa shape index (κ2) is 5.39. The number of hydrogen-bond acceptors (Lipinski definition) is 5. The van der Waals surface area contributed by atoms with Crippen molar-refractivity contribution in [2.24, 2.45) is 0 Å². The van der Waals surface area contributed by atoms with Gasteiger partial charge in [0.05, 0.1) is 16.8 Å². The highest BCUT2D eigenvalue weighted by atomic mass is 32.2. The van der Waals surface area contributed by atoms with Crippen LogP contribution in [0, 0.1) is 11.3 Å². The highest BCUT2D eigenvalue weighted by molar-refractivity contribution is 8.00. The lowest BCUT2D eigenvalue weighted by Crippen LogP contribution is -2.13. The Labute approximate surface area is 132 Å². The third kappa shape index (κ3) is 2.65. The molecule has 2 aromatic heterocycles. The first-order valence-electron chi connectivity index (χ1n) is 6.85. The standard InChI is InChI=1S/C15H16N6S/c1-15(2,3)13-18-14(20-19-13)22-21-11-6-4-5-10-9(7-16)8-17-12(10)11/h4-6,8,17,21H,1-3H3,(H,18,19,20). The van der Waals surface area contributed by atoms with Crippen molar-refractivity contribution in [1.82, 2.24) is 20.2 Å². The Bertz CT molecular complexity index is 849. The molecule has 0 saturated heterocycles. The highest BCUT2D eigenvalue weighted by Gasteiger charge is 2.19. The van der Waals surface area contributed by atoms with Crippen LogP contribution in [0.15, 0.2) is 29.6 Å². The van der Waals surface area contributed by atoms with Gasteiger partial charge in [0, 0.05) is 28.9 Å². The van der Waals surface area contributed by atoms with E-state index in [9.17, 15) is 0 Å². The van der Waals surface area contributed by atoms with Crippen molar-refractivity contribution in [2.45, 2.75) is 31.3 Å². The van der Waals surface area contributed by atoms with Gasteiger partial charge in [0.15, 0.2) is 0 Å². The summed E-state index contributed by atoms with van der Waals surface area (Å²) in [7, 11) is 0. The van der Waals surface area contributed by atoms with Crippen LogP contribution in [0.2, 0.25) is 0 Å². The van der Waals surface area contributed by atoms with Crippen molar-refractivity contribution in [2.75, 3.05) is 4.72 Å². The molecule has 0 unspecified atom stereocenters. The fourth-order valence-electron chi connectivity index (χ4n) is 2.06.